The lowest BCUT2D eigenvalue weighted by atomic mass is 10.1. The van der Waals surface area contributed by atoms with E-state index in [-0.39, 0.29) is 30.5 Å². The number of nitrogens with one attached hydrogen (secondary N) is 1. The number of oxazole rings is 1. The van der Waals surface area contributed by atoms with E-state index in [2.05, 4.69) is 15.4 Å². The normalized spacial score (nSPS) is 16.1. The van der Waals surface area contributed by atoms with E-state index in [1.807, 2.05) is 0 Å². The maximum absolute atomic E-state index is 14.7. The highest BCUT2D eigenvalue weighted by Gasteiger charge is 2.32. The van der Waals surface area contributed by atoms with E-state index in [0.717, 1.165) is 0 Å². The maximum atomic E-state index is 14.7. The molecular formula is C19H18FN5O4. The zero-order valence-electron chi connectivity index (χ0n) is 15.5. The molecule has 3 heterocycles. The van der Waals surface area contributed by atoms with Gasteiger partial charge in [-0.1, -0.05) is 0 Å². The minimum absolute atomic E-state index is 0.142. The highest BCUT2D eigenvalue weighted by molar-refractivity contribution is 5.90. The Labute approximate surface area is 165 Å². The van der Waals surface area contributed by atoms with Crippen LogP contribution >= 0.6 is 0 Å². The van der Waals surface area contributed by atoms with Crippen LogP contribution in [0.25, 0.3) is 11.5 Å². The zero-order valence-corrected chi connectivity index (χ0v) is 15.5. The number of amides is 2. The molecule has 1 aliphatic rings. The minimum atomic E-state index is -0.592. The first-order valence-electron chi connectivity index (χ1n) is 8.94. The number of cyclic esters (lactones) is 1. The lowest BCUT2D eigenvalue weighted by Gasteiger charge is -2.13. The van der Waals surface area contributed by atoms with Gasteiger partial charge in [0.25, 0.3) is 0 Å². The topological polar surface area (TPSA) is 102 Å². The summed E-state index contributed by atoms with van der Waals surface area (Å²) in [6, 6.07) is 6.12. The summed E-state index contributed by atoms with van der Waals surface area (Å²) in [5.74, 6) is -0.649. The molecule has 150 valence electrons. The van der Waals surface area contributed by atoms with Crippen LogP contribution < -0.4 is 10.2 Å². The number of halogens is 1. The summed E-state index contributed by atoms with van der Waals surface area (Å²) in [5.41, 5.74) is 1.14. The van der Waals surface area contributed by atoms with Crippen molar-refractivity contribution in [2.45, 2.75) is 19.6 Å². The van der Waals surface area contributed by atoms with E-state index in [1.165, 1.54) is 30.2 Å². The third-order valence-electron chi connectivity index (χ3n) is 4.38. The van der Waals surface area contributed by atoms with Crippen molar-refractivity contribution in [3.8, 4) is 11.5 Å². The molecule has 2 aromatic heterocycles. The quantitative estimate of drug-likeness (QED) is 0.682. The molecule has 10 heteroatoms. The van der Waals surface area contributed by atoms with Crippen LogP contribution in [0.4, 0.5) is 14.9 Å². The van der Waals surface area contributed by atoms with E-state index in [1.54, 1.807) is 29.2 Å². The van der Waals surface area contributed by atoms with Crippen LogP contribution in [0.15, 0.2) is 47.3 Å². The number of nitrogens with zero attached hydrogens (tertiary/aromatic N) is 4. The molecule has 29 heavy (non-hydrogen) atoms. The second-order valence-electron chi connectivity index (χ2n) is 6.57. The lowest BCUT2D eigenvalue weighted by Crippen LogP contribution is -2.33. The lowest BCUT2D eigenvalue weighted by molar-refractivity contribution is -0.119. The Kier molecular flexibility index (Phi) is 4.98. The summed E-state index contributed by atoms with van der Waals surface area (Å²) in [4.78, 5) is 28.7. The molecule has 0 radical (unpaired) electrons. The number of hydrogen-bond acceptors (Lipinski definition) is 6. The first-order chi connectivity index (χ1) is 14.0. The molecule has 0 saturated carbocycles. The van der Waals surface area contributed by atoms with Crippen LogP contribution in [0.2, 0.25) is 0 Å². The molecule has 1 saturated heterocycles. The van der Waals surface area contributed by atoms with Crippen LogP contribution in [0.3, 0.4) is 0 Å². The second-order valence-corrected chi connectivity index (χ2v) is 6.57. The molecule has 1 aromatic carbocycles. The van der Waals surface area contributed by atoms with Gasteiger partial charge in [-0.15, -0.1) is 0 Å². The average molecular weight is 399 g/mol. The summed E-state index contributed by atoms with van der Waals surface area (Å²) < 4.78 is 27.0. The predicted molar refractivity (Wildman–Crippen MR) is 99.5 cm³/mol. The van der Waals surface area contributed by atoms with Gasteiger partial charge in [0, 0.05) is 19.3 Å². The van der Waals surface area contributed by atoms with Crippen LogP contribution in [0.1, 0.15) is 12.6 Å². The maximum Gasteiger partial charge on any atom is 0.414 e. The standard InChI is InChI=1S/C19H18FN5O4/c1-12(26)21-8-15-10-25(19(27)29-15)14-3-4-16(17(20)7-14)18-23-13(11-28-18)9-24-6-2-5-22-24/h2-7,11,15H,8-10H2,1H3,(H,21,26). The van der Waals surface area contributed by atoms with Crippen LogP contribution in [-0.2, 0) is 16.1 Å². The highest BCUT2D eigenvalue weighted by Crippen LogP contribution is 2.28. The first kappa shape index (κ1) is 18.7. The van der Waals surface area contributed by atoms with Crippen molar-refractivity contribution in [2.24, 2.45) is 0 Å². The molecule has 3 aromatic rings. The number of aromatic nitrogens is 3. The molecule has 1 unspecified atom stereocenters. The van der Waals surface area contributed by atoms with Crippen molar-refractivity contribution in [1.29, 1.82) is 0 Å². The largest absolute Gasteiger partial charge is 0.444 e. The number of carbonyl (C=O) groups excluding carboxylic acids is 2. The van der Waals surface area contributed by atoms with Gasteiger partial charge in [0.1, 0.15) is 23.9 Å². The number of ether oxygens (including phenoxy) is 1. The van der Waals surface area contributed by atoms with Gasteiger partial charge < -0.3 is 14.5 Å². The minimum Gasteiger partial charge on any atom is -0.444 e. The second kappa shape index (κ2) is 7.74. The fourth-order valence-electron chi connectivity index (χ4n) is 3.00. The summed E-state index contributed by atoms with van der Waals surface area (Å²) in [6.45, 7) is 2.20. The zero-order chi connectivity index (χ0) is 20.4. The van der Waals surface area contributed by atoms with Gasteiger partial charge in [0.05, 0.1) is 30.9 Å². The van der Waals surface area contributed by atoms with Crippen molar-refractivity contribution in [3.05, 3.63) is 54.4 Å². The fraction of sp³-hybridized carbons (Fsp3) is 0.263. The van der Waals surface area contributed by atoms with E-state index >= 15 is 0 Å². The van der Waals surface area contributed by atoms with Crippen molar-refractivity contribution in [2.75, 3.05) is 18.0 Å². The molecule has 1 N–H and O–H groups in total. The van der Waals surface area contributed by atoms with Crippen molar-refractivity contribution in [3.63, 3.8) is 0 Å². The number of rotatable bonds is 6. The highest BCUT2D eigenvalue weighted by atomic mass is 19.1. The van der Waals surface area contributed by atoms with E-state index < -0.39 is 18.0 Å². The Balaban J connectivity index is 1.48. The Hall–Kier alpha value is -3.69. The smallest absolute Gasteiger partial charge is 0.414 e. The molecule has 1 fully saturated rings. The van der Waals surface area contributed by atoms with Gasteiger partial charge >= 0.3 is 6.09 Å². The van der Waals surface area contributed by atoms with Gasteiger partial charge in [-0.05, 0) is 24.3 Å². The summed E-state index contributed by atoms with van der Waals surface area (Å²) >= 11 is 0. The number of carbonyl (C=O) groups is 2. The van der Waals surface area contributed by atoms with Gasteiger partial charge in [-0.2, -0.15) is 5.10 Å². The molecule has 9 nitrogen and oxygen atoms in total. The molecule has 1 atom stereocenters. The van der Waals surface area contributed by atoms with Gasteiger partial charge in [0.2, 0.25) is 11.8 Å². The van der Waals surface area contributed by atoms with Gasteiger partial charge in [-0.25, -0.2) is 14.2 Å². The Morgan fingerprint density at radius 2 is 2.28 bits per heavy atom. The Morgan fingerprint density at radius 3 is 3.00 bits per heavy atom. The van der Waals surface area contributed by atoms with E-state index in [9.17, 15) is 14.0 Å². The van der Waals surface area contributed by atoms with E-state index in [4.69, 9.17) is 9.15 Å². The molecule has 2 amide bonds. The van der Waals surface area contributed by atoms with Crippen LogP contribution in [0.5, 0.6) is 0 Å². The van der Waals surface area contributed by atoms with Gasteiger partial charge in [0.15, 0.2) is 0 Å². The fourth-order valence-corrected chi connectivity index (χ4v) is 3.00. The molecule has 0 aliphatic carbocycles. The third kappa shape index (κ3) is 4.10. The predicted octanol–water partition coefficient (Wildman–Crippen LogP) is 2.19. The molecule has 4 rings (SSSR count). The molecule has 0 bridgehead atoms. The Morgan fingerprint density at radius 1 is 1.41 bits per heavy atom. The summed E-state index contributed by atoms with van der Waals surface area (Å²) in [5, 5.41) is 6.69. The monoisotopic (exact) mass is 399 g/mol. The summed E-state index contributed by atoms with van der Waals surface area (Å²) in [6.07, 6.45) is 3.81. The van der Waals surface area contributed by atoms with Crippen LogP contribution in [0, 0.1) is 5.82 Å². The average Bonchev–Trinajstić information content (AvgIpc) is 3.42. The van der Waals surface area contributed by atoms with Crippen molar-refractivity contribution >= 4 is 17.7 Å². The Bertz CT molecular complexity index is 1030. The van der Waals surface area contributed by atoms with Crippen molar-refractivity contribution < 1.29 is 23.1 Å². The van der Waals surface area contributed by atoms with Crippen LogP contribution in [-0.4, -0.2) is 46.0 Å². The number of benzene rings is 1. The molecule has 1 aliphatic heterocycles. The molecule has 0 spiro atoms. The molecular weight excluding hydrogens is 381 g/mol. The number of anilines is 1. The number of hydrogen-bond donors (Lipinski definition) is 1. The first-order valence-corrected chi connectivity index (χ1v) is 8.94. The SMILES string of the molecule is CC(=O)NCC1CN(c2ccc(-c3nc(Cn4cccn4)co3)c(F)c2)C(=O)O1. The van der Waals surface area contributed by atoms with Gasteiger partial charge in [-0.3, -0.25) is 14.4 Å². The third-order valence-corrected chi connectivity index (χ3v) is 4.38. The van der Waals surface area contributed by atoms with Crippen molar-refractivity contribution in [1.82, 2.24) is 20.1 Å². The summed E-state index contributed by atoms with van der Waals surface area (Å²) in [7, 11) is 0. The van der Waals surface area contributed by atoms with E-state index in [0.29, 0.717) is 17.9 Å².